The molecule has 1 saturated heterocycles. The zero-order chi connectivity index (χ0) is 19.4. The summed E-state index contributed by atoms with van der Waals surface area (Å²) in [4.78, 5) is 25.0. The predicted molar refractivity (Wildman–Crippen MR) is 101 cm³/mol. The molecule has 2 amide bonds. The van der Waals surface area contributed by atoms with Crippen LogP contribution < -0.4 is 20.4 Å². The highest BCUT2D eigenvalue weighted by molar-refractivity contribution is 6.01. The summed E-state index contributed by atoms with van der Waals surface area (Å²) in [5.74, 6) is -0.371. The van der Waals surface area contributed by atoms with Crippen molar-refractivity contribution in [1.29, 1.82) is 0 Å². The van der Waals surface area contributed by atoms with Gasteiger partial charge in [-0.1, -0.05) is 0 Å². The molecule has 0 bridgehead atoms. The average Bonchev–Trinajstić information content (AvgIpc) is 2.61. The first-order chi connectivity index (χ1) is 12.9. The predicted octanol–water partition coefficient (Wildman–Crippen LogP) is 3.46. The lowest BCUT2D eigenvalue weighted by molar-refractivity contribution is 0.262. The topological polar surface area (TPSA) is 73.4 Å². The highest BCUT2D eigenvalue weighted by Crippen LogP contribution is 2.25. The van der Waals surface area contributed by atoms with Crippen LogP contribution in [0.5, 0.6) is 0 Å². The normalized spacial score (nSPS) is 14.0. The van der Waals surface area contributed by atoms with E-state index in [4.69, 9.17) is 0 Å². The maximum absolute atomic E-state index is 13.3. The summed E-state index contributed by atoms with van der Waals surface area (Å²) in [5, 5.41) is 5.03. The molecule has 2 heterocycles. The summed E-state index contributed by atoms with van der Waals surface area (Å²) in [6, 6.07) is 2.16. The highest BCUT2D eigenvalue weighted by Gasteiger charge is 2.18. The number of piperidine rings is 1. The summed E-state index contributed by atoms with van der Waals surface area (Å²) in [5.41, 5.74) is 0.414. The fraction of sp³-hybridized carbons (Fsp3) is 0.389. The quantitative estimate of drug-likeness (QED) is 0.855. The first-order valence-electron chi connectivity index (χ1n) is 8.76. The molecular weight excluding hydrogens is 354 g/mol. The maximum Gasteiger partial charge on any atom is 0.323 e. The van der Waals surface area contributed by atoms with Gasteiger partial charge in [0.05, 0.1) is 6.20 Å². The summed E-state index contributed by atoms with van der Waals surface area (Å²) >= 11 is 0. The van der Waals surface area contributed by atoms with Crippen molar-refractivity contribution in [1.82, 2.24) is 9.97 Å². The fourth-order valence-electron chi connectivity index (χ4n) is 2.95. The van der Waals surface area contributed by atoms with E-state index in [1.54, 1.807) is 4.90 Å². The number of hydrogen-bond acceptors (Lipinski definition) is 5. The van der Waals surface area contributed by atoms with Crippen LogP contribution in [0.4, 0.5) is 36.7 Å². The van der Waals surface area contributed by atoms with E-state index in [9.17, 15) is 13.6 Å². The molecule has 7 nitrogen and oxygen atoms in total. The second-order valence-electron chi connectivity index (χ2n) is 6.59. The van der Waals surface area contributed by atoms with Crippen LogP contribution in [0.1, 0.15) is 19.3 Å². The van der Waals surface area contributed by atoms with Gasteiger partial charge in [0.1, 0.15) is 17.3 Å². The van der Waals surface area contributed by atoms with Gasteiger partial charge in [0.2, 0.25) is 5.95 Å². The molecule has 1 aliphatic rings. The fourth-order valence-corrected chi connectivity index (χ4v) is 2.95. The van der Waals surface area contributed by atoms with E-state index in [0.717, 1.165) is 44.1 Å². The van der Waals surface area contributed by atoms with E-state index < -0.39 is 17.7 Å². The van der Waals surface area contributed by atoms with Crippen LogP contribution in [0.25, 0.3) is 0 Å². The third kappa shape index (κ3) is 4.81. The molecule has 0 radical (unpaired) electrons. The molecule has 1 aromatic carbocycles. The number of aromatic nitrogens is 2. The number of anilines is 4. The molecule has 2 aromatic rings. The summed E-state index contributed by atoms with van der Waals surface area (Å²) in [6.45, 7) is 1.82. The van der Waals surface area contributed by atoms with Crippen LogP contribution in [0.3, 0.4) is 0 Å². The van der Waals surface area contributed by atoms with Crippen LogP contribution in [0.2, 0.25) is 0 Å². The minimum Gasteiger partial charge on any atom is -0.361 e. The summed E-state index contributed by atoms with van der Waals surface area (Å²) < 4.78 is 26.5. The number of halogens is 2. The number of nitrogens with zero attached hydrogens (tertiary/aromatic N) is 4. The third-order valence-corrected chi connectivity index (χ3v) is 4.19. The first kappa shape index (κ1) is 18.8. The maximum atomic E-state index is 13.3. The Labute approximate surface area is 156 Å². The van der Waals surface area contributed by atoms with Crippen molar-refractivity contribution in [2.75, 3.05) is 47.6 Å². The zero-order valence-corrected chi connectivity index (χ0v) is 15.3. The van der Waals surface area contributed by atoms with Crippen LogP contribution in [0, 0.1) is 11.6 Å². The van der Waals surface area contributed by atoms with Crippen molar-refractivity contribution in [3.05, 3.63) is 36.0 Å². The Hall–Kier alpha value is -2.97. The molecule has 27 heavy (non-hydrogen) atoms. The molecule has 1 aromatic heterocycles. The summed E-state index contributed by atoms with van der Waals surface area (Å²) in [7, 11) is 3.63. The Morgan fingerprint density at radius 1 is 1.07 bits per heavy atom. The average molecular weight is 376 g/mol. The van der Waals surface area contributed by atoms with E-state index in [2.05, 4.69) is 25.5 Å². The molecule has 1 aliphatic heterocycles. The molecule has 0 spiro atoms. The van der Waals surface area contributed by atoms with Gasteiger partial charge in [-0.15, -0.1) is 0 Å². The van der Waals surface area contributed by atoms with E-state index in [1.807, 2.05) is 14.1 Å². The van der Waals surface area contributed by atoms with Crippen molar-refractivity contribution < 1.29 is 13.6 Å². The molecule has 0 aliphatic carbocycles. The van der Waals surface area contributed by atoms with Crippen LogP contribution in [0.15, 0.2) is 24.4 Å². The van der Waals surface area contributed by atoms with E-state index >= 15 is 0 Å². The van der Waals surface area contributed by atoms with Gasteiger partial charge in [-0.2, -0.15) is 4.98 Å². The van der Waals surface area contributed by atoms with Crippen molar-refractivity contribution in [3.8, 4) is 0 Å². The van der Waals surface area contributed by atoms with Gasteiger partial charge in [-0.05, 0) is 31.4 Å². The van der Waals surface area contributed by atoms with Crippen LogP contribution >= 0.6 is 0 Å². The minimum atomic E-state index is -0.770. The number of hydrogen-bond donors (Lipinski definition) is 2. The van der Waals surface area contributed by atoms with Gasteiger partial charge < -0.3 is 20.4 Å². The number of benzene rings is 1. The van der Waals surface area contributed by atoms with E-state index in [-0.39, 0.29) is 5.69 Å². The molecule has 1 fully saturated rings. The lowest BCUT2D eigenvalue weighted by Crippen LogP contribution is -2.31. The van der Waals surface area contributed by atoms with Crippen molar-refractivity contribution >= 4 is 29.2 Å². The molecule has 0 saturated carbocycles. The number of urea groups is 1. The minimum absolute atomic E-state index is 0.0160. The van der Waals surface area contributed by atoms with Crippen LogP contribution in [-0.2, 0) is 0 Å². The van der Waals surface area contributed by atoms with E-state index in [1.165, 1.54) is 12.6 Å². The first-order valence-corrected chi connectivity index (χ1v) is 8.76. The van der Waals surface area contributed by atoms with Gasteiger partial charge in [-0.25, -0.2) is 18.6 Å². The number of amides is 2. The molecule has 2 N–H and O–H groups in total. The summed E-state index contributed by atoms with van der Waals surface area (Å²) in [6.07, 6.45) is 4.95. The number of carbonyl (C=O) groups is 1. The molecule has 0 unspecified atom stereocenters. The number of carbonyl (C=O) groups excluding carboxylic acids is 1. The molecular formula is C18H22F2N6O. The number of rotatable bonds is 4. The smallest absolute Gasteiger partial charge is 0.323 e. The Morgan fingerprint density at radius 2 is 1.74 bits per heavy atom. The molecule has 0 atom stereocenters. The van der Waals surface area contributed by atoms with Crippen molar-refractivity contribution in [2.24, 2.45) is 0 Å². The lowest BCUT2D eigenvalue weighted by atomic mass is 10.1. The van der Waals surface area contributed by atoms with Crippen molar-refractivity contribution in [2.45, 2.75) is 19.3 Å². The third-order valence-electron chi connectivity index (χ3n) is 4.19. The largest absolute Gasteiger partial charge is 0.361 e. The van der Waals surface area contributed by atoms with E-state index in [0.29, 0.717) is 17.5 Å². The number of nitrogens with one attached hydrogen (secondary N) is 2. The van der Waals surface area contributed by atoms with Gasteiger partial charge >= 0.3 is 6.03 Å². The Morgan fingerprint density at radius 3 is 2.37 bits per heavy atom. The van der Waals surface area contributed by atoms with Gasteiger partial charge in [0, 0.05) is 38.9 Å². The Balaban J connectivity index is 1.75. The van der Waals surface area contributed by atoms with Crippen molar-refractivity contribution in [3.63, 3.8) is 0 Å². The Kier molecular flexibility index (Phi) is 5.68. The lowest BCUT2D eigenvalue weighted by Gasteiger charge is -2.28. The molecule has 9 heteroatoms. The Bertz CT molecular complexity index is 803. The molecule has 144 valence electrons. The molecule has 3 rings (SSSR count). The highest BCUT2D eigenvalue weighted by atomic mass is 19.1. The monoisotopic (exact) mass is 376 g/mol. The second-order valence-corrected chi connectivity index (χ2v) is 6.59. The van der Waals surface area contributed by atoms with Gasteiger partial charge in [-0.3, -0.25) is 0 Å². The second kappa shape index (κ2) is 8.15. The van der Waals surface area contributed by atoms with Gasteiger partial charge in [0.15, 0.2) is 5.82 Å². The standard InChI is InChI=1S/C18H22F2N6O/c1-25(2)16-15(11-21-17(24-16)26-6-4-3-5-7-26)23-18(27)22-14-9-12(19)8-13(20)10-14/h8-11H,3-7H2,1-2H3,(H2,22,23,27). The zero-order valence-electron chi connectivity index (χ0n) is 15.3. The van der Waals surface area contributed by atoms with Gasteiger partial charge in [0.25, 0.3) is 0 Å². The van der Waals surface area contributed by atoms with Crippen LogP contribution in [-0.4, -0.2) is 43.2 Å². The SMILES string of the molecule is CN(C)c1nc(N2CCCCC2)ncc1NC(=O)Nc1cc(F)cc(F)c1.